The lowest BCUT2D eigenvalue weighted by molar-refractivity contribution is 0.0320. The van der Waals surface area contributed by atoms with E-state index in [0.717, 1.165) is 73.8 Å². The van der Waals surface area contributed by atoms with Gasteiger partial charge in [0, 0.05) is 74.8 Å². The van der Waals surface area contributed by atoms with E-state index in [1.54, 1.807) is 11.5 Å². The predicted molar refractivity (Wildman–Crippen MR) is 140 cm³/mol. The zero-order valence-electron chi connectivity index (χ0n) is 20.8. The molecule has 0 aliphatic carbocycles. The quantitative estimate of drug-likeness (QED) is 0.448. The molecule has 3 aromatic rings. The molecule has 0 saturated carbocycles. The maximum absolute atomic E-state index is 12.1. The van der Waals surface area contributed by atoms with Gasteiger partial charge in [0.1, 0.15) is 6.61 Å². The molecule has 2 aliphatic rings. The number of hydrogen-bond donors (Lipinski definition) is 0. The van der Waals surface area contributed by atoms with Gasteiger partial charge >= 0.3 is 0 Å². The first-order valence-electron chi connectivity index (χ1n) is 12.5. The van der Waals surface area contributed by atoms with Crippen LogP contribution in [0.3, 0.4) is 0 Å². The van der Waals surface area contributed by atoms with Crippen molar-refractivity contribution in [3.05, 3.63) is 53.9 Å². The summed E-state index contributed by atoms with van der Waals surface area (Å²) in [4.78, 5) is 26.1. The number of anilines is 1. The molecule has 0 spiro atoms. The summed E-state index contributed by atoms with van der Waals surface area (Å²) in [5, 5.41) is 0.999. The summed E-state index contributed by atoms with van der Waals surface area (Å²) in [6.07, 6.45) is 3.66. The van der Waals surface area contributed by atoms with Crippen LogP contribution < -0.4 is 9.64 Å². The minimum absolute atomic E-state index is 0.0235. The number of para-hydroxylation sites is 1. The summed E-state index contributed by atoms with van der Waals surface area (Å²) in [6.45, 7) is 9.92. The fraction of sp³-hybridized carbons (Fsp3) is 0.444. The fourth-order valence-corrected chi connectivity index (χ4v) is 4.62. The molecule has 2 aromatic heterocycles. The molecule has 0 amide bonds. The van der Waals surface area contributed by atoms with Crippen molar-refractivity contribution in [1.82, 2.24) is 14.5 Å². The van der Waals surface area contributed by atoms with Gasteiger partial charge < -0.3 is 19.1 Å². The Hall–Kier alpha value is -3.27. The van der Waals surface area contributed by atoms with Gasteiger partial charge in [0.25, 0.3) is 0 Å². The van der Waals surface area contributed by atoms with E-state index in [9.17, 15) is 4.79 Å². The molecular formula is C27H33N5O4. The number of aromatic nitrogens is 2. The largest absolute Gasteiger partial charge is 0.476 e. The van der Waals surface area contributed by atoms with Crippen molar-refractivity contribution in [3.8, 4) is 5.88 Å². The van der Waals surface area contributed by atoms with Crippen LogP contribution in [0.1, 0.15) is 23.0 Å². The summed E-state index contributed by atoms with van der Waals surface area (Å²) in [5.41, 5.74) is 3.71. The van der Waals surface area contributed by atoms with E-state index >= 15 is 0 Å². The molecule has 2 saturated heterocycles. The van der Waals surface area contributed by atoms with E-state index in [4.69, 9.17) is 19.2 Å². The van der Waals surface area contributed by atoms with E-state index in [-0.39, 0.29) is 5.91 Å². The summed E-state index contributed by atoms with van der Waals surface area (Å²) < 4.78 is 18.7. The molecule has 5 rings (SSSR count). The molecular weight excluding hydrogens is 458 g/mol. The second kappa shape index (κ2) is 11.6. The summed E-state index contributed by atoms with van der Waals surface area (Å²) in [7, 11) is 0. The van der Waals surface area contributed by atoms with Gasteiger partial charge in [0.2, 0.25) is 11.8 Å². The van der Waals surface area contributed by atoms with Crippen LogP contribution in [0.25, 0.3) is 10.9 Å². The van der Waals surface area contributed by atoms with Gasteiger partial charge in [-0.05, 0) is 12.1 Å². The number of ether oxygens (including phenoxy) is 3. The highest BCUT2D eigenvalue weighted by Crippen LogP contribution is 2.24. The summed E-state index contributed by atoms with van der Waals surface area (Å²) >= 11 is 0. The van der Waals surface area contributed by atoms with Crippen molar-refractivity contribution in [2.45, 2.75) is 13.5 Å². The minimum atomic E-state index is -0.0235. The van der Waals surface area contributed by atoms with Crippen LogP contribution in [0, 0.1) is 0 Å². The Bertz CT molecular complexity index is 1210. The zero-order chi connectivity index (χ0) is 24.7. The number of benzene rings is 1. The van der Waals surface area contributed by atoms with Crippen molar-refractivity contribution in [3.63, 3.8) is 0 Å². The van der Waals surface area contributed by atoms with Gasteiger partial charge in [-0.3, -0.25) is 19.3 Å². The van der Waals surface area contributed by atoms with Crippen LogP contribution >= 0.6 is 0 Å². The molecule has 4 heterocycles. The van der Waals surface area contributed by atoms with Gasteiger partial charge in [-0.1, -0.05) is 18.2 Å². The molecule has 9 heteroatoms. The van der Waals surface area contributed by atoms with Crippen molar-refractivity contribution < 1.29 is 19.0 Å². The number of rotatable bonds is 8. The molecule has 2 aliphatic heterocycles. The van der Waals surface area contributed by atoms with E-state index in [1.807, 2.05) is 42.7 Å². The molecule has 36 heavy (non-hydrogen) atoms. The topological polar surface area (TPSA) is 81.4 Å². The first-order valence-corrected chi connectivity index (χ1v) is 12.5. The normalized spacial score (nSPS) is 17.2. The summed E-state index contributed by atoms with van der Waals surface area (Å²) in [5.74, 6) is 0.593. The molecule has 0 radical (unpaired) electrons. The minimum Gasteiger partial charge on any atom is -0.476 e. The average molecular weight is 492 g/mol. The maximum Gasteiger partial charge on any atom is 0.227 e. The highest BCUT2D eigenvalue weighted by Gasteiger charge is 2.15. The number of morpholine rings is 2. The molecule has 0 atom stereocenters. The van der Waals surface area contributed by atoms with Crippen LogP contribution in [0.2, 0.25) is 0 Å². The monoisotopic (exact) mass is 491 g/mol. The van der Waals surface area contributed by atoms with Gasteiger partial charge in [-0.15, -0.1) is 0 Å². The van der Waals surface area contributed by atoms with Crippen molar-refractivity contribution in [1.29, 1.82) is 0 Å². The molecule has 2 fully saturated rings. The standard InChI is InChI=1S/C27H33N5O4/c1-21(33)32-20-22(25-4-2-3-5-26(25)32)18-28-19-23-16-24(31-9-13-35-14-10-31)17-27(29-23)36-15-8-30-6-11-34-12-7-30/h2-5,16-18,20H,6-15,19H2,1H3. The smallest absolute Gasteiger partial charge is 0.227 e. The number of hydrogen-bond acceptors (Lipinski definition) is 8. The molecule has 9 nitrogen and oxygen atoms in total. The molecule has 1 aromatic carbocycles. The van der Waals surface area contributed by atoms with Gasteiger partial charge in [0.15, 0.2) is 0 Å². The molecule has 190 valence electrons. The SMILES string of the molecule is CC(=O)n1cc(C=NCc2cc(N3CCOCC3)cc(OCCN3CCOCC3)n2)c2ccccc21. The van der Waals surface area contributed by atoms with Gasteiger partial charge in [-0.2, -0.15) is 0 Å². The first-order chi connectivity index (χ1) is 17.7. The Morgan fingerprint density at radius 1 is 1.08 bits per heavy atom. The van der Waals surface area contributed by atoms with Gasteiger partial charge in [0.05, 0.1) is 44.2 Å². The molecule has 0 N–H and O–H groups in total. The lowest BCUT2D eigenvalue weighted by Gasteiger charge is -2.29. The third-order valence-corrected chi connectivity index (χ3v) is 6.54. The summed E-state index contributed by atoms with van der Waals surface area (Å²) in [6, 6.07) is 12.0. The van der Waals surface area contributed by atoms with Crippen molar-refractivity contribution in [2.24, 2.45) is 4.99 Å². The van der Waals surface area contributed by atoms with E-state index in [2.05, 4.69) is 20.9 Å². The highest BCUT2D eigenvalue weighted by atomic mass is 16.5. The Kier molecular flexibility index (Phi) is 7.90. The highest BCUT2D eigenvalue weighted by molar-refractivity contribution is 6.03. The second-order valence-electron chi connectivity index (χ2n) is 9.02. The number of nitrogens with zero attached hydrogens (tertiary/aromatic N) is 5. The lowest BCUT2D eigenvalue weighted by Crippen LogP contribution is -2.38. The van der Waals surface area contributed by atoms with Crippen LogP contribution in [0.15, 0.2) is 47.6 Å². The third kappa shape index (κ3) is 5.92. The number of aliphatic imine (C=N–C) groups is 1. The van der Waals surface area contributed by atoms with Crippen molar-refractivity contribution in [2.75, 3.05) is 70.7 Å². The molecule has 0 bridgehead atoms. The van der Waals surface area contributed by atoms with E-state index < -0.39 is 0 Å². The van der Waals surface area contributed by atoms with Crippen LogP contribution in [-0.2, 0) is 16.0 Å². The third-order valence-electron chi connectivity index (χ3n) is 6.54. The van der Waals surface area contributed by atoms with Gasteiger partial charge in [-0.25, -0.2) is 4.98 Å². The van der Waals surface area contributed by atoms with E-state index in [0.29, 0.717) is 32.2 Å². The van der Waals surface area contributed by atoms with Crippen LogP contribution in [0.4, 0.5) is 5.69 Å². The average Bonchev–Trinajstić information content (AvgIpc) is 3.29. The lowest BCUT2D eigenvalue weighted by atomic mass is 10.2. The second-order valence-corrected chi connectivity index (χ2v) is 9.02. The van der Waals surface area contributed by atoms with Crippen LogP contribution in [-0.4, -0.2) is 92.3 Å². The Balaban J connectivity index is 1.32. The number of fused-ring (bicyclic) bond motifs is 1. The van der Waals surface area contributed by atoms with Crippen LogP contribution in [0.5, 0.6) is 5.88 Å². The van der Waals surface area contributed by atoms with E-state index in [1.165, 1.54) is 0 Å². The van der Waals surface area contributed by atoms with Crippen molar-refractivity contribution >= 4 is 28.7 Å². The Morgan fingerprint density at radius 2 is 1.83 bits per heavy atom. The molecule has 0 unspecified atom stereocenters. The maximum atomic E-state index is 12.1. The Morgan fingerprint density at radius 3 is 2.61 bits per heavy atom. The number of carbonyl (C=O) groups is 1. The predicted octanol–water partition coefficient (Wildman–Crippen LogP) is 2.86. The zero-order valence-corrected chi connectivity index (χ0v) is 20.8. The Labute approximate surface area is 211 Å². The first kappa shape index (κ1) is 24.4. The fourth-order valence-electron chi connectivity index (χ4n) is 4.62. The number of pyridine rings is 1. The number of carbonyl (C=O) groups excluding carboxylic acids is 1.